The monoisotopic (exact) mass is 535 g/mol. The van der Waals surface area contributed by atoms with Crippen LogP contribution in [0.15, 0.2) is 0 Å². The first kappa shape index (κ1) is 29.5. The Morgan fingerprint density at radius 1 is 0.879 bits per heavy atom. The second-order valence-corrected chi connectivity index (χ2v) is 10.6. The molecule has 0 spiro atoms. The number of alkyl carbamates (subject to hydrolysis) is 1. The predicted octanol–water partition coefficient (Wildman–Crippen LogP) is 2.42. The Morgan fingerprint density at radius 3 is 1.85 bits per heavy atom. The molecule has 1 heterocycles. The van der Waals surface area contributed by atoms with E-state index in [0.29, 0.717) is 0 Å². The summed E-state index contributed by atoms with van der Waals surface area (Å²) in [7, 11) is 0. The largest absolute Gasteiger partial charge is 0.456 e. The maximum atomic E-state index is 12.3. The van der Waals surface area contributed by atoms with Crippen LogP contribution in [0, 0.1) is 0 Å². The minimum atomic E-state index is -1.89. The van der Waals surface area contributed by atoms with E-state index in [2.05, 4.69) is 5.32 Å². The summed E-state index contributed by atoms with van der Waals surface area (Å²) in [4.78, 5) is 47.6. The molecule has 1 rings (SSSR count). The third-order valence-corrected chi connectivity index (χ3v) is 4.19. The van der Waals surface area contributed by atoms with Gasteiger partial charge in [-0.05, 0) is 20.8 Å². The molecule has 1 N–H and O–H groups in total. The van der Waals surface area contributed by atoms with Crippen LogP contribution < -0.4 is 5.32 Å². The van der Waals surface area contributed by atoms with Gasteiger partial charge in [-0.25, -0.2) is 4.79 Å². The normalized spacial score (nSPS) is 25.5. The summed E-state index contributed by atoms with van der Waals surface area (Å²) in [5.74, 6) is -2.24. The lowest BCUT2D eigenvalue weighted by atomic mass is 9.96. The molecule has 33 heavy (non-hydrogen) atoms. The van der Waals surface area contributed by atoms with Gasteiger partial charge in [0, 0.05) is 20.8 Å². The van der Waals surface area contributed by atoms with Gasteiger partial charge in [0.1, 0.15) is 18.8 Å². The molecule has 0 radical (unpaired) electrons. The molecule has 0 saturated carbocycles. The van der Waals surface area contributed by atoms with Crippen molar-refractivity contribution in [2.75, 3.05) is 13.2 Å². The van der Waals surface area contributed by atoms with Crippen LogP contribution in [-0.4, -0.2) is 77.3 Å². The van der Waals surface area contributed by atoms with E-state index in [1.807, 2.05) is 0 Å². The number of halogens is 3. The predicted molar refractivity (Wildman–Crippen MR) is 116 cm³/mol. The van der Waals surface area contributed by atoms with Gasteiger partial charge in [0.05, 0.1) is 12.2 Å². The zero-order chi connectivity index (χ0) is 25.6. The Labute approximate surface area is 206 Å². The van der Waals surface area contributed by atoms with Gasteiger partial charge in [-0.2, -0.15) is 0 Å². The van der Waals surface area contributed by atoms with Crippen molar-refractivity contribution in [1.29, 1.82) is 0 Å². The van der Waals surface area contributed by atoms with Crippen molar-refractivity contribution in [3.63, 3.8) is 0 Å². The molecule has 0 aromatic rings. The average molecular weight is 537 g/mol. The number of amides is 1. The Balaban J connectivity index is 3.30. The second kappa shape index (κ2) is 12.3. The number of nitrogens with one attached hydrogen (secondary N) is 1. The molecule has 14 heteroatoms. The van der Waals surface area contributed by atoms with Crippen molar-refractivity contribution in [2.45, 2.75) is 81.6 Å². The van der Waals surface area contributed by atoms with Crippen LogP contribution in [-0.2, 0) is 42.8 Å². The van der Waals surface area contributed by atoms with Crippen molar-refractivity contribution in [3.8, 4) is 0 Å². The summed E-state index contributed by atoms with van der Waals surface area (Å²) >= 11 is 16.7. The zero-order valence-electron chi connectivity index (χ0n) is 19.0. The molecule has 0 aromatic carbocycles. The number of alkyl halides is 3. The maximum absolute atomic E-state index is 12.3. The molecule has 1 aliphatic heterocycles. The highest BCUT2D eigenvalue weighted by Gasteiger charge is 2.52. The molecule has 0 aliphatic carbocycles. The van der Waals surface area contributed by atoms with E-state index in [4.69, 9.17) is 63.2 Å². The first-order valence-corrected chi connectivity index (χ1v) is 10.9. The molecule has 1 aliphatic rings. The SMILES string of the molecule is CC(=O)O[C@@H]1O[C@H](COC(C)(C)C)[C@@H](OC(C)=O)[C@H](OC(C)=O)[C@H]1NC(=O)OCC(Cl)(Cl)Cl. The first-order chi connectivity index (χ1) is 15.0. The Hall–Kier alpha value is -1.53. The van der Waals surface area contributed by atoms with Crippen LogP contribution in [0.3, 0.4) is 0 Å². The maximum Gasteiger partial charge on any atom is 0.407 e. The molecule has 11 nitrogen and oxygen atoms in total. The van der Waals surface area contributed by atoms with E-state index in [0.717, 1.165) is 20.8 Å². The van der Waals surface area contributed by atoms with Gasteiger partial charge in [0.2, 0.25) is 10.1 Å². The highest BCUT2D eigenvalue weighted by molar-refractivity contribution is 6.67. The zero-order valence-corrected chi connectivity index (χ0v) is 21.3. The van der Waals surface area contributed by atoms with Crippen molar-refractivity contribution in [2.24, 2.45) is 0 Å². The fourth-order valence-electron chi connectivity index (χ4n) is 2.78. The van der Waals surface area contributed by atoms with E-state index >= 15 is 0 Å². The molecule has 1 amide bonds. The van der Waals surface area contributed by atoms with E-state index in [1.165, 1.54) is 0 Å². The topological polar surface area (TPSA) is 136 Å². The Morgan fingerprint density at radius 2 is 1.39 bits per heavy atom. The summed E-state index contributed by atoms with van der Waals surface area (Å²) in [5.41, 5.74) is -0.603. The van der Waals surface area contributed by atoms with Crippen molar-refractivity contribution < 1.29 is 47.6 Å². The van der Waals surface area contributed by atoms with Gasteiger partial charge < -0.3 is 33.7 Å². The highest BCUT2D eigenvalue weighted by atomic mass is 35.6. The van der Waals surface area contributed by atoms with Crippen molar-refractivity contribution in [1.82, 2.24) is 5.32 Å². The molecule has 5 atom stereocenters. The third kappa shape index (κ3) is 11.4. The molecule has 0 unspecified atom stereocenters. The number of esters is 3. The fraction of sp³-hybridized carbons (Fsp3) is 0.789. The second-order valence-electron chi connectivity index (χ2n) is 8.09. The van der Waals surface area contributed by atoms with Gasteiger partial charge in [0.25, 0.3) is 0 Å². The van der Waals surface area contributed by atoms with Crippen LogP contribution in [0.5, 0.6) is 0 Å². The number of carbonyl (C=O) groups is 4. The molecule has 0 aromatic heterocycles. The van der Waals surface area contributed by atoms with Crippen LogP contribution >= 0.6 is 34.8 Å². The molecule has 0 bridgehead atoms. The van der Waals surface area contributed by atoms with Crippen LogP contribution in [0.25, 0.3) is 0 Å². The van der Waals surface area contributed by atoms with Gasteiger partial charge in [-0.3, -0.25) is 14.4 Å². The number of carbonyl (C=O) groups excluding carboxylic acids is 4. The first-order valence-electron chi connectivity index (χ1n) is 9.79. The molecule has 1 fully saturated rings. The number of hydrogen-bond acceptors (Lipinski definition) is 10. The third-order valence-electron chi connectivity index (χ3n) is 3.86. The van der Waals surface area contributed by atoms with Crippen LogP contribution in [0.4, 0.5) is 4.79 Å². The molecule has 1 saturated heterocycles. The van der Waals surface area contributed by atoms with Crippen LogP contribution in [0.1, 0.15) is 41.5 Å². The smallest absolute Gasteiger partial charge is 0.407 e. The molecular weight excluding hydrogens is 509 g/mol. The van der Waals surface area contributed by atoms with E-state index in [1.54, 1.807) is 20.8 Å². The fourth-order valence-corrected chi connectivity index (χ4v) is 2.94. The van der Waals surface area contributed by atoms with Crippen molar-refractivity contribution in [3.05, 3.63) is 0 Å². The average Bonchev–Trinajstić information content (AvgIpc) is 2.61. The quantitative estimate of drug-likeness (QED) is 0.293. The number of hydrogen-bond donors (Lipinski definition) is 1. The van der Waals surface area contributed by atoms with E-state index in [9.17, 15) is 19.2 Å². The Bertz CT molecular complexity index is 722. The standard InChI is InChI=1S/C19H28Cl3NO10/c1-9(24)30-14-12(7-29-18(4,5)6)33-16(32-11(3)26)13(15(14)31-10(2)25)23-17(27)28-8-19(20,21)22/h12-16H,7-8H2,1-6H3,(H,23,27)/t12-,13-,14-,15-,16-/m1/s1. The summed E-state index contributed by atoms with van der Waals surface area (Å²) in [6.07, 6.45) is -6.18. The van der Waals surface area contributed by atoms with Gasteiger partial charge in [0.15, 0.2) is 12.2 Å². The lowest BCUT2D eigenvalue weighted by molar-refractivity contribution is -0.275. The molecule has 190 valence electrons. The minimum Gasteiger partial charge on any atom is -0.456 e. The highest BCUT2D eigenvalue weighted by Crippen LogP contribution is 2.29. The van der Waals surface area contributed by atoms with Crippen molar-refractivity contribution >= 4 is 58.8 Å². The summed E-state index contributed by atoms with van der Waals surface area (Å²) in [5, 5.41) is 2.35. The van der Waals surface area contributed by atoms with Gasteiger partial charge >= 0.3 is 24.0 Å². The molecular formula is C19H28Cl3NO10. The van der Waals surface area contributed by atoms with Gasteiger partial charge in [-0.15, -0.1) is 0 Å². The van der Waals surface area contributed by atoms with E-state index in [-0.39, 0.29) is 6.61 Å². The summed E-state index contributed by atoms with van der Waals surface area (Å²) in [6.45, 7) is 7.99. The Kier molecular flexibility index (Phi) is 11.0. The van der Waals surface area contributed by atoms with Crippen LogP contribution in [0.2, 0.25) is 0 Å². The lowest BCUT2D eigenvalue weighted by Crippen LogP contribution is -2.67. The van der Waals surface area contributed by atoms with Gasteiger partial charge in [-0.1, -0.05) is 34.8 Å². The lowest BCUT2D eigenvalue weighted by Gasteiger charge is -2.44. The summed E-state index contributed by atoms with van der Waals surface area (Å²) < 4.78 is 30.3. The number of rotatable bonds is 7. The van der Waals surface area contributed by atoms with E-state index < -0.39 is 70.6 Å². The summed E-state index contributed by atoms with van der Waals surface area (Å²) in [6, 6.07) is -1.35. The number of ether oxygens (including phenoxy) is 6. The minimum absolute atomic E-state index is 0.124.